The zero-order valence-electron chi connectivity index (χ0n) is 29.5. The van der Waals surface area contributed by atoms with Crippen LogP contribution in [-0.4, -0.2) is 122 Å². The Morgan fingerprint density at radius 1 is 1.04 bits per heavy atom. The zero-order chi connectivity index (χ0) is 35.0. The summed E-state index contributed by atoms with van der Waals surface area (Å²) in [6, 6.07) is -0.402. The van der Waals surface area contributed by atoms with Crippen molar-refractivity contribution in [3.8, 4) is 0 Å². The molecule has 7 atom stereocenters. The Kier molecular flexibility index (Phi) is 11.2. The fourth-order valence-corrected chi connectivity index (χ4v) is 10.8. The van der Waals surface area contributed by atoms with E-state index in [1.54, 1.807) is 15.9 Å². The Morgan fingerprint density at radius 2 is 1.69 bits per heavy atom. The summed E-state index contributed by atoms with van der Waals surface area (Å²) in [5.74, 6) is -0.672. The molecule has 11 nitrogen and oxygen atoms in total. The molecule has 4 aliphatic heterocycles. The summed E-state index contributed by atoms with van der Waals surface area (Å²) in [5.41, 5.74) is 1.46. The number of esters is 1. The molecule has 0 aromatic heterocycles. The highest BCUT2D eigenvalue weighted by Crippen LogP contribution is 2.56. The molecule has 13 heteroatoms. The SMILES string of the molecule is C=CCOC(=O)C1=C2[C@@H](S[C@@H]3CN[C@H](C(=O)N4CCN(C(=O)OCC=C)CC4)C3)CCC[C@H]2[C@@H]2[C@@H]([C@@H](C)O[Si](C)(C)C(C)(C)C)C(=O)N12. The van der Waals surface area contributed by atoms with Crippen LogP contribution >= 0.6 is 11.8 Å². The minimum atomic E-state index is -2.12. The van der Waals surface area contributed by atoms with Crippen molar-refractivity contribution < 1.29 is 33.1 Å². The Morgan fingerprint density at radius 3 is 2.33 bits per heavy atom. The van der Waals surface area contributed by atoms with Gasteiger partial charge in [-0.2, -0.15) is 0 Å². The fourth-order valence-electron chi connectivity index (χ4n) is 7.65. The molecular weight excluding hydrogens is 649 g/mol. The van der Waals surface area contributed by atoms with E-state index < -0.39 is 14.3 Å². The van der Waals surface area contributed by atoms with E-state index in [0.717, 1.165) is 24.8 Å². The second-order valence-corrected chi connectivity index (χ2v) is 21.4. The summed E-state index contributed by atoms with van der Waals surface area (Å²) in [4.78, 5) is 58.3. The molecule has 1 saturated carbocycles. The molecule has 0 bridgehead atoms. The lowest BCUT2D eigenvalue weighted by molar-refractivity contribution is -0.163. The number of hydrogen-bond donors (Lipinski definition) is 1. The van der Waals surface area contributed by atoms with Gasteiger partial charge in [-0.3, -0.25) is 9.59 Å². The largest absolute Gasteiger partial charge is 0.457 e. The van der Waals surface area contributed by atoms with Crippen LogP contribution in [0.3, 0.4) is 0 Å². The summed E-state index contributed by atoms with van der Waals surface area (Å²) >= 11 is 1.83. The predicted octanol–water partition coefficient (Wildman–Crippen LogP) is 4.32. The second kappa shape index (κ2) is 14.7. The van der Waals surface area contributed by atoms with Gasteiger partial charge in [0.15, 0.2) is 8.32 Å². The number of ether oxygens (including phenoxy) is 2. The van der Waals surface area contributed by atoms with E-state index in [1.807, 2.05) is 23.6 Å². The maximum Gasteiger partial charge on any atom is 0.410 e. The lowest BCUT2D eigenvalue weighted by Gasteiger charge is -2.51. The van der Waals surface area contributed by atoms with Crippen molar-refractivity contribution >= 4 is 44.0 Å². The number of hydrogen-bond acceptors (Lipinski definition) is 9. The van der Waals surface area contributed by atoms with Gasteiger partial charge in [0, 0.05) is 49.1 Å². The minimum absolute atomic E-state index is 0.0151. The lowest BCUT2D eigenvalue weighted by atomic mass is 9.72. The van der Waals surface area contributed by atoms with Gasteiger partial charge in [-0.1, -0.05) is 52.5 Å². The van der Waals surface area contributed by atoms with Crippen molar-refractivity contribution in [2.24, 2.45) is 11.8 Å². The monoisotopic (exact) mass is 702 g/mol. The molecule has 48 heavy (non-hydrogen) atoms. The summed E-state index contributed by atoms with van der Waals surface area (Å²) in [7, 11) is -2.12. The van der Waals surface area contributed by atoms with Crippen LogP contribution in [0.1, 0.15) is 53.4 Å². The van der Waals surface area contributed by atoms with Crippen molar-refractivity contribution in [3.63, 3.8) is 0 Å². The number of carbonyl (C=O) groups is 4. The van der Waals surface area contributed by atoms with Crippen molar-refractivity contribution in [2.75, 3.05) is 45.9 Å². The molecule has 0 aromatic carbocycles. The molecule has 1 aliphatic carbocycles. The molecule has 0 spiro atoms. The maximum atomic E-state index is 13.9. The molecule has 0 radical (unpaired) electrons. The van der Waals surface area contributed by atoms with E-state index in [0.29, 0.717) is 44.8 Å². The van der Waals surface area contributed by atoms with Gasteiger partial charge in [0.05, 0.1) is 24.1 Å². The highest BCUT2D eigenvalue weighted by atomic mass is 32.2. The Hall–Kier alpha value is -2.61. The summed E-state index contributed by atoms with van der Waals surface area (Å²) < 4.78 is 17.5. The van der Waals surface area contributed by atoms with Crippen molar-refractivity contribution in [1.82, 2.24) is 20.0 Å². The van der Waals surface area contributed by atoms with E-state index in [1.165, 1.54) is 6.08 Å². The Balaban J connectivity index is 1.27. The normalized spacial score (nSPS) is 29.5. The number of nitrogens with one attached hydrogen (secondary N) is 1. The van der Waals surface area contributed by atoms with Crippen molar-refractivity contribution in [3.05, 3.63) is 36.6 Å². The summed E-state index contributed by atoms with van der Waals surface area (Å²) in [6.45, 7) is 23.1. The van der Waals surface area contributed by atoms with E-state index in [2.05, 4.69) is 52.3 Å². The van der Waals surface area contributed by atoms with Crippen LogP contribution in [0.4, 0.5) is 4.79 Å². The van der Waals surface area contributed by atoms with Crippen molar-refractivity contribution in [1.29, 1.82) is 0 Å². The van der Waals surface area contributed by atoms with Crippen LogP contribution < -0.4 is 5.32 Å². The smallest absolute Gasteiger partial charge is 0.410 e. The summed E-state index contributed by atoms with van der Waals surface area (Å²) in [5, 5.41) is 3.69. The van der Waals surface area contributed by atoms with Gasteiger partial charge in [0.1, 0.15) is 18.9 Å². The third kappa shape index (κ3) is 7.15. The number of piperazine rings is 1. The highest BCUT2D eigenvalue weighted by Gasteiger charge is 2.63. The first-order chi connectivity index (χ1) is 22.7. The third-order valence-electron chi connectivity index (χ3n) is 11.1. The first-order valence-electron chi connectivity index (χ1n) is 17.4. The molecule has 0 unspecified atom stereocenters. The number of nitrogens with zero attached hydrogens (tertiary/aromatic N) is 3. The Labute approximate surface area is 290 Å². The topological polar surface area (TPSA) is 118 Å². The van der Waals surface area contributed by atoms with Crippen LogP contribution in [0.5, 0.6) is 0 Å². The molecule has 3 amide bonds. The number of fused-ring (bicyclic) bond motifs is 3. The molecule has 266 valence electrons. The first kappa shape index (κ1) is 36.7. The standard InChI is InChI=1S/C35H54N4O7SSi/c1-9-18-44-33(42)30-28-24(29-27(32(41)39(29)30)22(3)46-48(7,8)35(4,5)6)12-11-13-26(28)47-23-20-25(36-21-23)31(40)37-14-16-38(17-15-37)34(43)45-19-10-2/h9-10,22-27,29,36H,1-2,11-21H2,3-8H3/t22-,23+,24-,25+,26+,27-,29-/m1/s1. The molecule has 3 saturated heterocycles. The number of β-lactam (4-membered cyclic amide) rings is 1. The van der Waals surface area contributed by atoms with Crippen LogP contribution in [0.15, 0.2) is 36.6 Å². The minimum Gasteiger partial charge on any atom is -0.457 e. The fraction of sp³-hybridized carbons (Fsp3) is 0.714. The third-order valence-corrected chi connectivity index (χ3v) is 17.2. The van der Waals surface area contributed by atoms with Gasteiger partial charge < -0.3 is 33.9 Å². The van der Waals surface area contributed by atoms with E-state index in [9.17, 15) is 19.2 Å². The van der Waals surface area contributed by atoms with Crippen molar-refractivity contribution in [2.45, 2.75) is 100 Å². The Bertz CT molecular complexity index is 1320. The number of thioether (sulfide) groups is 1. The molecule has 4 fully saturated rings. The second-order valence-electron chi connectivity index (χ2n) is 15.2. The quantitative estimate of drug-likeness (QED) is 0.145. The van der Waals surface area contributed by atoms with Gasteiger partial charge >= 0.3 is 12.1 Å². The highest BCUT2D eigenvalue weighted by molar-refractivity contribution is 8.00. The number of amides is 3. The molecule has 5 aliphatic rings. The van der Waals surface area contributed by atoms with Gasteiger partial charge in [-0.05, 0) is 49.9 Å². The maximum absolute atomic E-state index is 13.9. The number of carbonyl (C=O) groups excluding carboxylic acids is 4. The van der Waals surface area contributed by atoms with Gasteiger partial charge in [-0.25, -0.2) is 9.59 Å². The first-order valence-corrected chi connectivity index (χ1v) is 21.3. The van der Waals surface area contributed by atoms with Crippen LogP contribution in [0.2, 0.25) is 18.1 Å². The average molecular weight is 703 g/mol. The van der Waals surface area contributed by atoms with Crippen LogP contribution in [-0.2, 0) is 28.3 Å². The molecule has 1 N–H and O–H groups in total. The van der Waals surface area contributed by atoms with Gasteiger partial charge in [0.25, 0.3) is 0 Å². The predicted molar refractivity (Wildman–Crippen MR) is 189 cm³/mol. The van der Waals surface area contributed by atoms with Gasteiger partial charge in [0.2, 0.25) is 11.8 Å². The molecule has 4 heterocycles. The number of rotatable bonds is 11. The van der Waals surface area contributed by atoms with Gasteiger partial charge in [-0.15, -0.1) is 11.8 Å². The molecule has 0 aromatic rings. The molecular formula is C35H54N4O7SSi. The zero-order valence-corrected chi connectivity index (χ0v) is 31.3. The van der Waals surface area contributed by atoms with Crippen LogP contribution in [0.25, 0.3) is 0 Å². The summed E-state index contributed by atoms with van der Waals surface area (Å²) in [6.07, 6.45) is 5.96. The lowest BCUT2D eigenvalue weighted by Crippen LogP contribution is -2.65. The van der Waals surface area contributed by atoms with E-state index in [4.69, 9.17) is 13.9 Å². The molecule has 5 rings (SSSR count). The average Bonchev–Trinajstić information content (AvgIpc) is 3.62. The van der Waals surface area contributed by atoms with E-state index in [-0.39, 0.29) is 76.7 Å². The van der Waals surface area contributed by atoms with E-state index >= 15 is 0 Å². The van der Waals surface area contributed by atoms with Crippen LogP contribution in [0, 0.1) is 11.8 Å².